The minimum Gasteiger partial charge on any atom is -0.462 e. The van der Waals surface area contributed by atoms with Crippen molar-refractivity contribution in [2.45, 2.75) is 20.8 Å². The first kappa shape index (κ1) is 22.8. The number of para-hydroxylation sites is 1. The van der Waals surface area contributed by atoms with Crippen molar-refractivity contribution in [3.63, 3.8) is 0 Å². The Hall–Kier alpha value is -3.42. The molecule has 8 heteroatoms. The van der Waals surface area contributed by atoms with Crippen LogP contribution in [0.3, 0.4) is 0 Å². The minimum absolute atomic E-state index is 0.222. The van der Waals surface area contributed by atoms with E-state index >= 15 is 0 Å². The average Bonchev–Trinajstić information content (AvgIpc) is 3.11. The van der Waals surface area contributed by atoms with E-state index in [1.54, 1.807) is 26.0 Å². The van der Waals surface area contributed by atoms with Crippen LogP contribution in [0.15, 0.2) is 48.5 Å². The second-order valence-corrected chi connectivity index (χ2v) is 8.90. The van der Waals surface area contributed by atoms with E-state index in [0.717, 1.165) is 11.1 Å². The third kappa shape index (κ3) is 4.29. The third-order valence-corrected chi connectivity index (χ3v) is 6.62. The number of rotatable bonds is 5. The van der Waals surface area contributed by atoms with Gasteiger partial charge in [-0.1, -0.05) is 41.9 Å². The number of carbonyl (C=O) groups excluding carboxylic acids is 2. The summed E-state index contributed by atoms with van der Waals surface area (Å²) in [5.74, 6) is -0.826. The van der Waals surface area contributed by atoms with E-state index in [-0.39, 0.29) is 18.2 Å². The molecule has 2 aromatic carbocycles. The van der Waals surface area contributed by atoms with Gasteiger partial charge in [0, 0.05) is 21.7 Å². The largest absolute Gasteiger partial charge is 0.462 e. The number of benzene rings is 2. The van der Waals surface area contributed by atoms with Gasteiger partial charge in [0.05, 0.1) is 23.6 Å². The molecule has 2 aromatic heterocycles. The van der Waals surface area contributed by atoms with E-state index in [2.05, 4.69) is 10.3 Å². The van der Waals surface area contributed by atoms with Crippen LogP contribution >= 0.6 is 22.9 Å². The zero-order chi connectivity index (χ0) is 23.7. The van der Waals surface area contributed by atoms with Crippen molar-refractivity contribution in [1.29, 1.82) is 0 Å². The average molecular weight is 480 g/mol. The zero-order valence-electron chi connectivity index (χ0n) is 18.4. The number of nitrogens with zero attached hydrogens (tertiary/aromatic N) is 1. The first-order valence-electron chi connectivity index (χ1n) is 10.3. The number of nitrogens with one attached hydrogen (secondary N) is 1. The molecule has 0 atom stereocenters. The molecule has 168 valence electrons. The lowest BCUT2D eigenvalue weighted by Crippen LogP contribution is -2.13. The van der Waals surface area contributed by atoms with Crippen molar-refractivity contribution in [1.82, 2.24) is 4.98 Å². The highest BCUT2D eigenvalue weighted by atomic mass is 35.5. The second kappa shape index (κ2) is 9.21. The first-order chi connectivity index (χ1) is 15.8. The molecule has 0 aliphatic heterocycles. The van der Waals surface area contributed by atoms with Crippen LogP contribution in [-0.2, 0) is 4.74 Å². The van der Waals surface area contributed by atoms with Gasteiger partial charge in [-0.2, -0.15) is 0 Å². The first-order valence-corrected chi connectivity index (χ1v) is 11.5. The highest BCUT2D eigenvalue weighted by Gasteiger charge is 2.27. The molecule has 2 heterocycles. The molecule has 0 spiro atoms. The summed E-state index contributed by atoms with van der Waals surface area (Å²) in [4.78, 5) is 31.5. The SMILES string of the molecule is CCOC(=O)c1c(C)nc2sc(C(=O)Nc3ccccc3C)c(N)c2c1-c1ccc(Cl)cc1. The molecule has 6 nitrogen and oxygen atoms in total. The van der Waals surface area contributed by atoms with Crippen molar-refractivity contribution < 1.29 is 14.3 Å². The summed E-state index contributed by atoms with van der Waals surface area (Å²) in [6.07, 6.45) is 0. The van der Waals surface area contributed by atoms with Crippen molar-refractivity contribution >= 4 is 56.4 Å². The van der Waals surface area contributed by atoms with Gasteiger partial charge in [-0.05, 0) is 50.1 Å². The second-order valence-electron chi connectivity index (χ2n) is 7.47. The zero-order valence-corrected chi connectivity index (χ0v) is 19.9. The number of anilines is 2. The van der Waals surface area contributed by atoms with Crippen LogP contribution in [0.1, 0.15) is 38.2 Å². The maximum absolute atomic E-state index is 13.1. The number of ether oxygens (including phenoxy) is 1. The molecule has 0 saturated carbocycles. The summed E-state index contributed by atoms with van der Waals surface area (Å²) in [7, 11) is 0. The van der Waals surface area contributed by atoms with Crippen molar-refractivity contribution in [3.05, 3.63) is 75.3 Å². The monoisotopic (exact) mass is 479 g/mol. The van der Waals surface area contributed by atoms with Crippen LogP contribution in [0.4, 0.5) is 11.4 Å². The Kier molecular flexibility index (Phi) is 6.35. The van der Waals surface area contributed by atoms with Crippen LogP contribution in [0.2, 0.25) is 5.02 Å². The number of aryl methyl sites for hydroxylation is 2. The van der Waals surface area contributed by atoms with Gasteiger partial charge in [0.2, 0.25) is 0 Å². The Balaban J connectivity index is 1.93. The number of halogens is 1. The van der Waals surface area contributed by atoms with Crippen LogP contribution in [0.5, 0.6) is 0 Å². The fraction of sp³-hybridized carbons (Fsp3) is 0.160. The number of fused-ring (bicyclic) bond motifs is 1. The lowest BCUT2D eigenvalue weighted by Gasteiger charge is -2.14. The summed E-state index contributed by atoms with van der Waals surface area (Å²) >= 11 is 7.28. The van der Waals surface area contributed by atoms with Crippen molar-refractivity contribution in [3.8, 4) is 11.1 Å². The third-order valence-electron chi connectivity index (χ3n) is 5.27. The number of aromatic nitrogens is 1. The number of thiophene rings is 1. The number of nitrogens with two attached hydrogens (primary N) is 1. The number of hydrogen-bond donors (Lipinski definition) is 2. The van der Waals surface area contributed by atoms with Crippen LogP contribution in [-0.4, -0.2) is 23.5 Å². The van der Waals surface area contributed by atoms with Gasteiger partial charge < -0.3 is 15.8 Å². The van der Waals surface area contributed by atoms with Crippen LogP contribution < -0.4 is 11.1 Å². The molecule has 0 aliphatic carbocycles. The van der Waals surface area contributed by atoms with Gasteiger partial charge in [0.15, 0.2) is 0 Å². The van der Waals surface area contributed by atoms with Gasteiger partial charge in [-0.15, -0.1) is 11.3 Å². The number of amides is 1. The normalized spacial score (nSPS) is 10.9. The van der Waals surface area contributed by atoms with Gasteiger partial charge in [-0.3, -0.25) is 4.79 Å². The molecule has 0 aliphatic rings. The maximum atomic E-state index is 13.1. The molecule has 0 fully saturated rings. The van der Waals surface area contributed by atoms with Gasteiger partial charge in [-0.25, -0.2) is 9.78 Å². The molecule has 0 saturated heterocycles. The molecule has 4 rings (SSSR count). The Morgan fingerprint density at radius 3 is 2.48 bits per heavy atom. The van der Waals surface area contributed by atoms with E-state index in [1.807, 2.05) is 43.3 Å². The fourth-order valence-electron chi connectivity index (χ4n) is 3.69. The Morgan fingerprint density at radius 1 is 1.12 bits per heavy atom. The molecular weight excluding hydrogens is 458 g/mol. The predicted octanol–water partition coefficient (Wildman–Crippen LogP) is 6.24. The number of carbonyl (C=O) groups is 2. The predicted molar refractivity (Wildman–Crippen MR) is 134 cm³/mol. The van der Waals surface area contributed by atoms with Crippen molar-refractivity contribution in [2.24, 2.45) is 0 Å². The summed E-state index contributed by atoms with van der Waals surface area (Å²) in [6, 6.07) is 14.6. The molecule has 1 amide bonds. The van der Waals surface area contributed by atoms with Gasteiger partial charge >= 0.3 is 5.97 Å². The topological polar surface area (TPSA) is 94.3 Å². The lowest BCUT2D eigenvalue weighted by atomic mass is 9.95. The smallest absolute Gasteiger partial charge is 0.340 e. The van der Waals surface area contributed by atoms with E-state index < -0.39 is 5.97 Å². The molecule has 0 bridgehead atoms. The highest BCUT2D eigenvalue weighted by Crippen LogP contribution is 2.42. The summed E-state index contributed by atoms with van der Waals surface area (Å²) in [5, 5.41) is 4.03. The summed E-state index contributed by atoms with van der Waals surface area (Å²) < 4.78 is 5.31. The van der Waals surface area contributed by atoms with E-state index in [0.29, 0.717) is 42.6 Å². The quantitative estimate of drug-likeness (QED) is 0.330. The number of nitrogen functional groups attached to an aromatic ring is 1. The van der Waals surface area contributed by atoms with Crippen molar-refractivity contribution in [2.75, 3.05) is 17.7 Å². The molecule has 4 aromatic rings. The van der Waals surface area contributed by atoms with Gasteiger partial charge in [0.25, 0.3) is 5.91 Å². The number of esters is 1. The fourth-order valence-corrected chi connectivity index (χ4v) is 4.86. The Bertz CT molecular complexity index is 1380. The number of pyridine rings is 1. The van der Waals surface area contributed by atoms with E-state index in [4.69, 9.17) is 22.1 Å². The summed E-state index contributed by atoms with van der Waals surface area (Å²) in [5.41, 5.74) is 10.6. The molecule has 3 N–H and O–H groups in total. The van der Waals surface area contributed by atoms with Gasteiger partial charge in [0.1, 0.15) is 9.71 Å². The van der Waals surface area contributed by atoms with E-state index in [1.165, 1.54) is 11.3 Å². The van der Waals surface area contributed by atoms with Crippen LogP contribution in [0, 0.1) is 13.8 Å². The summed E-state index contributed by atoms with van der Waals surface area (Å²) in [6.45, 7) is 5.63. The molecule has 33 heavy (non-hydrogen) atoms. The highest BCUT2D eigenvalue weighted by molar-refractivity contribution is 7.21. The standard InChI is InChI=1S/C25H22ClN3O3S/c1-4-32-25(31)18-14(3)28-24-20(19(18)15-9-11-16(26)12-10-15)21(27)22(33-24)23(30)29-17-8-6-5-7-13(17)2/h5-12H,4,27H2,1-3H3,(H,29,30). The molecule has 0 unspecified atom stereocenters. The van der Waals surface area contributed by atoms with E-state index in [9.17, 15) is 9.59 Å². The van der Waals surface area contributed by atoms with Crippen LogP contribution in [0.25, 0.3) is 21.3 Å². The maximum Gasteiger partial charge on any atom is 0.340 e. The Labute approximate surface area is 200 Å². The minimum atomic E-state index is -0.495. The number of hydrogen-bond acceptors (Lipinski definition) is 6. The lowest BCUT2D eigenvalue weighted by molar-refractivity contribution is 0.0526. The molecular formula is C25H22ClN3O3S. The Morgan fingerprint density at radius 2 is 1.82 bits per heavy atom. The molecule has 0 radical (unpaired) electrons.